The number of nitrogens with zero attached hydrogens (tertiary/aromatic N) is 2. The van der Waals surface area contributed by atoms with Crippen LogP contribution < -0.4 is 5.32 Å². The Labute approximate surface area is 127 Å². The van der Waals surface area contributed by atoms with Crippen LogP contribution in [0.25, 0.3) is 5.69 Å². The van der Waals surface area contributed by atoms with Gasteiger partial charge in [-0.1, -0.05) is 48.5 Å². The molecule has 1 aromatic heterocycles. The predicted octanol–water partition coefficient (Wildman–Crippen LogP) is 3.18. The third kappa shape index (κ3) is 2.83. The van der Waals surface area contributed by atoms with E-state index in [1.165, 1.54) is 6.20 Å². The van der Waals surface area contributed by atoms with Crippen molar-refractivity contribution in [3.05, 3.63) is 78.0 Å². The van der Waals surface area contributed by atoms with Crippen LogP contribution in [-0.4, -0.2) is 20.9 Å². The van der Waals surface area contributed by atoms with Crippen LogP contribution in [0.4, 0.5) is 5.82 Å². The molecule has 3 aromatic rings. The normalized spacial score (nSPS) is 10.4. The molecule has 22 heavy (non-hydrogen) atoms. The maximum absolute atomic E-state index is 11.4. The molecule has 0 atom stereocenters. The van der Waals surface area contributed by atoms with Crippen molar-refractivity contribution in [2.75, 3.05) is 5.32 Å². The highest BCUT2D eigenvalue weighted by Gasteiger charge is 2.17. The molecule has 1 heterocycles. The molecule has 0 spiro atoms. The maximum atomic E-state index is 11.4. The minimum Gasteiger partial charge on any atom is -0.477 e. The van der Waals surface area contributed by atoms with Crippen LogP contribution in [0.5, 0.6) is 0 Å². The van der Waals surface area contributed by atoms with E-state index in [1.54, 1.807) is 4.68 Å². The lowest BCUT2D eigenvalue weighted by atomic mass is 10.2. The van der Waals surface area contributed by atoms with Gasteiger partial charge in [-0.15, -0.1) is 0 Å². The lowest BCUT2D eigenvalue weighted by Crippen LogP contribution is -2.09. The van der Waals surface area contributed by atoms with E-state index in [2.05, 4.69) is 10.4 Å². The molecule has 0 radical (unpaired) electrons. The summed E-state index contributed by atoms with van der Waals surface area (Å²) >= 11 is 0. The Morgan fingerprint density at radius 2 is 1.68 bits per heavy atom. The fourth-order valence-corrected chi connectivity index (χ4v) is 2.22. The zero-order valence-corrected chi connectivity index (χ0v) is 11.8. The standard InChI is InChI=1S/C17H15N3O2/c21-17(22)15-12-19-20(14-9-5-2-6-10-14)16(15)18-11-13-7-3-1-4-8-13/h1-10,12,18H,11H2,(H,21,22). The molecular formula is C17H15N3O2. The van der Waals surface area contributed by atoms with Gasteiger partial charge in [0.15, 0.2) is 0 Å². The van der Waals surface area contributed by atoms with Gasteiger partial charge in [0, 0.05) is 6.54 Å². The number of carbonyl (C=O) groups is 1. The second-order valence-corrected chi connectivity index (χ2v) is 4.80. The topological polar surface area (TPSA) is 67.1 Å². The van der Waals surface area contributed by atoms with Gasteiger partial charge < -0.3 is 10.4 Å². The van der Waals surface area contributed by atoms with Crippen LogP contribution in [0.15, 0.2) is 66.9 Å². The first-order valence-electron chi connectivity index (χ1n) is 6.90. The first-order valence-corrected chi connectivity index (χ1v) is 6.90. The third-order valence-corrected chi connectivity index (χ3v) is 3.30. The van der Waals surface area contributed by atoms with Crippen molar-refractivity contribution in [1.82, 2.24) is 9.78 Å². The molecule has 2 N–H and O–H groups in total. The van der Waals surface area contributed by atoms with Crippen LogP contribution in [-0.2, 0) is 6.54 Å². The molecule has 0 bridgehead atoms. The number of para-hydroxylation sites is 1. The Hall–Kier alpha value is -3.08. The summed E-state index contributed by atoms with van der Waals surface area (Å²) in [6, 6.07) is 19.2. The molecule has 5 heteroatoms. The molecule has 2 aromatic carbocycles. The number of benzene rings is 2. The highest BCUT2D eigenvalue weighted by molar-refractivity contribution is 5.93. The van der Waals surface area contributed by atoms with Crippen molar-refractivity contribution in [3.8, 4) is 5.69 Å². The predicted molar refractivity (Wildman–Crippen MR) is 84.3 cm³/mol. The van der Waals surface area contributed by atoms with Gasteiger partial charge >= 0.3 is 5.97 Å². The molecule has 3 rings (SSSR count). The van der Waals surface area contributed by atoms with Crippen molar-refractivity contribution in [1.29, 1.82) is 0 Å². The fourth-order valence-electron chi connectivity index (χ4n) is 2.22. The summed E-state index contributed by atoms with van der Waals surface area (Å²) in [5.74, 6) is -0.528. The second kappa shape index (κ2) is 6.13. The van der Waals surface area contributed by atoms with E-state index >= 15 is 0 Å². The zero-order chi connectivity index (χ0) is 15.4. The van der Waals surface area contributed by atoms with Gasteiger partial charge in [-0.05, 0) is 17.7 Å². The van der Waals surface area contributed by atoms with Crippen molar-refractivity contribution in [2.45, 2.75) is 6.54 Å². The lowest BCUT2D eigenvalue weighted by Gasteiger charge is -2.11. The Balaban J connectivity index is 1.94. The third-order valence-electron chi connectivity index (χ3n) is 3.30. The largest absolute Gasteiger partial charge is 0.477 e. The number of aromatic nitrogens is 2. The summed E-state index contributed by atoms with van der Waals surface area (Å²) in [4.78, 5) is 11.4. The summed E-state index contributed by atoms with van der Waals surface area (Å²) in [7, 11) is 0. The van der Waals surface area contributed by atoms with Gasteiger partial charge in [0.2, 0.25) is 0 Å². The molecule has 0 aliphatic carbocycles. The van der Waals surface area contributed by atoms with Crippen LogP contribution in [0, 0.1) is 0 Å². The SMILES string of the molecule is O=C(O)c1cnn(-c2ccccc2)c1NCc1ccccc1. The van der Waals surface area contributed by atoms with E-state index in [0.717, 1.165) is 11.3 Å². The summed E-state index contributed by atoms with van der Waals surface area (Å²) in [5, 5.41) is 16.7. The highest BCUT2D eigenvalue weighted by atomic mass is 16.4. The average molecular weight is 293 g/mol. The number of carboxylic acids is 1. The number of anilines is 1. The molecule has 0 saturated carbocycles. The van der Waals surface area contributed by atoms with Gasteiger partial charge in [-0.3, -0.25) is 0 Å². The summed E-state index contributed by atoms with van der Waals surface area (Å²) in [6.07, 6.45) is 1.36. The number of aromatic carboxylic acids is 1. The van der Waals surface area contributed by atoms with Gasteiger partial charge in [0.1, 0.15) is 11.4 Å². The van der Waals surface area contributed by atoms with E-state index in [1.807, 2.05) is 60.7 Å². The van der Waals surface area contributed by atoms with E-state index in [4.69, 9.17) is 0 Å². The summed E-state index contributed by atoms with van der Waals surface area (Å²) in [6.45, 7) is 0.527. The first-order chi connectivity index (χ1) is 10.8. The maximum Gasteiger partial charge on any atom is 0.341 e. The Morgan fingerprint density at radius 3 is 2.32 bits per heavy atom. The number of hydrogen-bond donors (Lipinski definition) is 2. The second-order valence-electron chi connectivity index (χ2n) is 4.80. The van der Waals surface area contributed by atoms with Gasteiger partial charge in [0.05, 0.1) is 11.9 Å². The molecule has 0 fully saturated rings. The molecule has 0 aliphatic rings. The van der Waals surface area contributed by atoms with E-state index in [-0.39, 0.29) is 5.56 Å². The smallest absolute Gasteiger partial charge is 0.341 e. The average Bonchev–Trinajstić information content (AvgIpc) is 2.99. The Morgan fingerprint density at radius 1 is 1.05 bits per heavy atom. The van der Waals surface area contributed by atoms with Crippen LogP contribution in [0.2, 0.25) is 0 Å². The lowest BCUT2D eigenvalue weighted by molar-refractivity contribution is 0.0698. The van der Waals surface area contributed by atoms with Gasteiger partial charge in [-0.25, -0.2) is 9.48 Å². The van der Waals surface area contributed by atoms with E-state index in [0.29, 0.717) is 12.4 Å². The zero-order valence-electron chi connectivity index (χ0n) is 11.8. The minimum absolute atomic E-state index is 0.153. The number of rotatable bonds is 5. The van der Waals surface area contributed by atoms with Gasteiger partial charge in [-0.2, -0.15) is 5.10 Å². The fraction of sp³-hybridized carbons (Fsp3) is 0.0588. The molecule has 0 amide bonds. The van der Waals surface area contributed by atoms with Crippen molar-refractivity contribution < 1.29 is 9.90 Å². The number of carboxylic acid groups (broad SMARTS) is 1. The minimum atomic E-state index is -1.00. The van der Waals surface area contributed by atoms with Crippen LogP contribution in [0.3, 0.4) is 0 Å². The molecule has 110 valence electrons. The first kappa shape index (κ1) is 13.9. The number of nitrogens with one attached hydrogen (secondary N) is 1. The quantitative estimate of drug-likeness (QED) is 0.758. The summed E-state index contributed by atoms with van der Waals surface area (Å²) in [5.41, 5.74) is 2.03. The Kier molecular flexibility index (Phi) is 3.87. The molecule has 0 aliphatic heterocycles. The van der Waals surface area contributed by atoms with Crippen molar-refractivity contribution in [2.24, 2.45) is 0 Å². The molecule has 0 unspecified atom stereocenters. The highest BCUT2D eigenvalue weighted by Crippen LogP contribution is 2.21. The monoisotopic (exact) mass is 293 g/mol. The summed E-state index contributed by atoms with van der Waals surface area (Å²) < 4.78 is 1.60. The van der Waals surface area contributed by atoms with Crippen LogP contribution >= 0.6 is 0 Å². The van der Waals surface area contributed by atoms with E-state index < -0.39 is 5.97 Å². The molecular weight excluding hydrogens is 278 g/mol. The van der Waals surface area contributed by atoms with E-state index in [9.17, 15) is 9.90 Å². The van der Waals surface area contributed by atoms with Crippen molar-refractivity contribution in [3.63, 3.8) is 0 Å². The van der Waals surface area contributed by atoms with Crippen LogP contribution in [0.1, 0.15) is 15.9 Å². The molecule has 0 saturated heterocycles. The van der Waals surface area contributed by atoms with Gasteiger partial charge in [0.25, 0.3) is 0 Å². The molecule has 5 nitrogen and oxygen atoms in total. The Bertz CT molecular complexity index is 767. The van der Waals surface area contributed by atoms with Crippen molar-refractivity contribution >= 4 is 11.8 Å². The number of hydrogen-bond acceptors (Lipinski definition) is 3.